The summed E-state index contributed by atoms with van der Waals surface area (Å²) >= 11 is 0. The Bertz CT molecular complexity index is 1430. The number of urea groups is 1. The Morgan fingerprint density at radius 2 is 1.57 bits per heavy atom. The van der Waals surface area contributed by atoms with Gasteiger partial charge in [-0.25, -0.2) is 4.79 Å². The zero-order valence-electron chi connectivity index (χ0n) is 23.2. The van der Waals surface area contributed by atoms with E-state index < -0.39 is 23.3 Å². The smallest absolute Gasteiger partial charge is 0.340 e. The third-order valence-electron chi connectivity index (χ3n) is 7.92. The number of halogens is 3. The summed E-state index contributed by atoms with van der Waals surface area (Å²) in [6.07, 6.45) is -3.91. The van der Waals surface area contributed by atoms with Crippen LogP contribution < -0.4 is 10.2 Å². The molecule has 2 aliphatic rings. The van der Waals surface area contributed by atoms with Gasteiger partial charge in [0, 0.05) is 38.1 Å². The number of rotatable bonds is 6. The molecule has 220 valence electrons. The highest BCUT2D eigenvalue weighted by atomic mass is 19.4. The monoisotopic (exact) mass is 579 g/mol. The number of anilines is 2. The van der Waals surface area contributed by atoms with Gasteiger partial charge in [0.05, 0.1) is 12.2 Å². The van der Waals surface area contributed by atoms with Crippen LogP contribution in [0.25, 0.3) is 0 Å². The SMILES string of the molecule is CN(Cc1ccccc1)C(=O)CN1CN(c2ccccc2)C2(CCN(C(=O)Nc3cccc(C(F)(F)F)c3)CC2)C1=O. The Labute approximate surface area is 242 Å². The second kappa shape index (κ2) is 11.8. The molecule has 0 aromatic heterocycles. The fourth-order valence-corrected chi connectivity index (χ4v) is 5.61. The van der Waals surface area contributed by atoms with Gasteiger partial charge in [0.25, 0.3) is 5.91 Å². The van der Waals surface area contributed by atoms with Gasteiger partial charge in [-0.3, -0.25) is 9.59 Å². The molecule has 3 aromatic carbocycles. The van der Waals surface area contributed by atoms with Gasteiger partial charge in [-0.1, -0.05) is 54.6 Å². The minimum absolute atomic E-state index is 0.0438. The number of piperidine rings is 1. The van der Waals surface area contributed by atoms with E-state index in [4.69, 9.17) is 0 Å². The third kappa shape index (κ3) is 6.05. The summed E-state index contributed by atoms with van der Waals surface area (Å²) in [6.45, 7) is 1.01. The molecule has 0 atom stereocenters. The molecule has 0 saturated carbocycles. The maximum Gasteiger partial charge on any atom is 0.416 e. The number of nitrogens with one attached hydrogen (secondary N) is 1. The summed E-state index contributed by atoms with van der Waals surface area (Å²) in [7, 11) is 1.71. The maximum absolute atomic E-state index is 14.0. The molecule has 0 unspecified atom stereocenters. The molecule has 2 heterocycles. The fourth-order valence-electron chi connectivity index (χ4n) is 5.61. The molecule has 5 rings (SSSR count). The van der Waals surface area contributed by atoms with Crippen molar-refractivity contribution in [3.05, 3.63) is 96.1 Å². The molecule has 2 aliphatic heterocycles. The Morgan fingerprint density at radius 1 is 0.929 bits per heavy atom. The van der Waals surface area contributed by atoms with Gasteiger partial charge in [0.2, 0.25) is 5.91 Å². The van der Waals surface area contributed by atoms with Gasteiger partial charge in [-0.2, -0.15) is 13.2 Å². The largest absolute Gasteiger partial charge is 0.416 e. The summed E-state index contributed by atoms with van der Waals surface area (Å²) in [5, 5.41) is 2.55. The first-order chi connectivity index (χ1) is 20.1. The molecule has 3 aromatic rings. The molecule has 1 N–H and O–H groups in total. The first kappa shape index (κ1) is 29.0. The predicted molar refractivity (Wildman–Crippen MR) is 152 cm³/mol. The molecule has 42 heavy (non-hydrogen) atoms. The van der Waals surface area contributed by atoms with Gasteiger partial charge in [0.1, 0.15) is 12.1 Å². The summed E-state index contributed by atoms with van der Waals surface area (Å²) in [5.41, 5.74) is 0.0611. The quantitative estimate of drug-likeness (QED) is 0.444. The summed E-state index contributed by atoms with van der Waals surface area (Å²) in [4.78, 5) is 46.8. The molecular weight excluding hydrogens is 547 g/mol. The van der Waals surface area contributed by atoms with Crippen LogP contribution in [0.3, 0.4) is 0 Å². The van der Waals surface area contributed by atoms with Crippen LogP contribution in [0.2, 0.25) is 0 Å². The molecule has 1 spiro atoms. The van der Waals surface area contributed by atoms with Crippen LogP contribution in [-0.2, 0) is 22.3 Å². The number of para-hydroxylation sites is 1. The molecule has 11 heteroatoms. The molecule has 2 saturated heterocycles. The highest BCUT2D eigenvalue weighted by Gasteiger charge is 2.54. The number of benzene rings is 3. The van der Waals surface area contributed by atoms with E-state index in [1.54, 1.807) is 16.8 Å². The van der Waals surface area contributed by atoms with E-state index in [0.717, 1.165) is 23.4 Å². The van der Waals surface area contributed by atoms with E-state index in [0.29, 0.717) is 19.4 Å². The number of nitrogens with zero attached hydrogens (tertiary/aromatic N) is 4. The van der Waals surface area contributed by atoms with E-state index in [1.165, 1.54) is 17.0 Å². The maximum atomic E-state index is 14.0. The molecule has 0 aliphatic carbocycles. The number of carbonyl (C=O) groups excluding carboxylic acids is 3. The lowest BCUT2D eigenvalue weighted by Gasteiger charge is -2.43. The number of likely N-dealkylation sites (tertiary alicyclic amines) is 1. The van der Waals surface area contributed by atoms with Crippen molar-refractivity contribution in [2.75, 3.05) is 43.6 Å². The van der Waals surface area contributed by atoms with Gasteiger partial charge in [-0.15, -0.1) is 0 Å². The van der Waals surface area contributed by atoms with Gasteiger partial charge < -0.3 is 24.9 Å². The lowest BCUT2D eigenvalue weighted by molar-refractivity contribution is -0.140. The van der Waals surface area contributed by atoms with Crippen molar-refractivity contribution in [3.63, 3.8) is 0 Å². The Hall–Kier alpha value is -4.54. The van der Waals surface area contributed by atoms with Crippen molar-refractivity contribution in [2.24, 2.45) is 0 Å². The fraction of sp³-hybridized carbons (Fsp3) is 0.323. The highest BCUT2D eigenvalue weighted by molar-refractivity contribution is 5.97. The zero-order valence-corrected chi connectivity index (χ0v) is 23.2. The molecule has 0 bridgehead atoms. The van der Waals surface area contributed by atoms with Gasteiger partial charge in [-0.05, 0) is 48.7 Å². The Kier molecular flexibility index (Phi) is 8.11. The van der Waals surface area contributed by atoms with Crippen LogP contribution in [0.15, 0.2) is 84.9 Å². The highest BCUT2D eigenvalue weighted by Crippen LogP contribution is 2.39. The number of likely N-dealkylation sites (N-methyl/N-ethyl adjacent to an activating group) is 1. The minimum atomic E-state index is -4.52. The number of hydrogen-bond acceptors (Lipinski definition) is 4. The summed E-state index contributed by atoms with van der Waals surface area (Å²) < 4.78 is 39.3. The van der Waals surface area contributed by atoms with E-state index in [9.17, 15) is 27.6 Å². The molecule has 8 nitrogen and oxygen atoms in total. The first-order valence-corrected chi connectivity index (χ1v) is 13.7. The topological polar surface area (TPSA) is 76.2 Å². The first-order valence-electron chi connectivity index (χ1n) is 13.7. The lowest BCUT2D eigenvalue weighted by Crippen LogP contribution is -2.58. The van der Waals surface area contributed by atoms with Crippen LogP contribution in [0.5, 0.6) is 0 Å². The predicted octanol–water partition coefficient (Wildman–Crippen LogP) is 5.04. The van der Waals surface area contributed by atoms with Gasteiger partial charge in [0.15, 0.2) is 0 Å². The van der Waals surface area contributed by atoms with E-state index in [1.807, 2.05) is 65.6 Å². The van der Waals surface area contributed by atoms with Crippen molar-refractivity contribution in [1.82, 2.24) is 14.7 Å². The van der Waals surface area contributed by atoms with Crippen molar-refractivity contribution in [1.29, 1.82) is 0 Å². The summed E-state index contributed by atoms with van der Waals surface area (Å²) in [5.74, 6) is -0.360. The van der Waals surface area contributed by atoms with Crippen LogP contribution in [0.1, 0.15) is 24.0 Å². The second-order valence-electron chi connectivity index (χ2n) is 10.7. The standard InChI is InChI=1S/C31H32F3N5O3/c1-36(20-23-9-4-2-5-10-23)27(40)21-38-22-39(26-13-6-3-7-14-26)30(28(38)41)15-17-37(18-16-30)29(42)35-25-12-8-11-24(19-25)31(32,33)34/h2-14,19H,15-18,20-22H2,1H3,(H,35,42). The average molecular weight is 580 g/mol. The Morgan fingerprint density at radius 3 is 2.21 bits per heavy atom. The van der Waals surface area contributed by atoms with Crippen molar-refractivity contribution in [2.45, 2.75) is 31.1 Å². The second-order valence-corrected chi connectivity index (χ2v) is 10.7. The summed E-state index contributed by atoms with van der Waals surface area (Å²) in [6, 6.07) is 23.0. The minimum Gasteiger partial charge on any atom is -0.340 e. The average Bonchev–Trinajstić information content (AvgIpc) is 3.24. The molecule has 4 amide bonds. The van der Waals surface area contributed by atoms with E-state index >= 15 is 0 Å². The number of alkyl halides is 3. The number of hydrogen-bond donors (Lipinski definition) is 1. The molecule has 0 radical (unpaired) electrons. The van der Waals surface area contributed by atoms with E-state index in [-0.39, 0.29) is 43.8 Å². The van der Waals surface area contributed by atoms with Gasteiger partial charge >= 0.3 is 12.2 Å². The van der Waals surface area contributed by atoms with Crippen LogP contribution in [0, 0.1) is 0 Å². The van der Waals surface area contributed by atoms with Crippen molar-refractivity contribution in [3.8, 4) is 0 Å². The van der Waals surface area contributed by atoms with Crippen molar-refractivity contribution < 1.29 is 27.6 Å². The van der Waals surface area contributed by atoms with Crippen LogP contribution in [0.4, 0.5) is 29.3 Å². The normalized spacial score (nSPS) is 16.6. The zero-order chi connectivity index (χ0) is 29.9. The van der Waals surface area contributed by atoms with Crippen LogP contribution in [-0.4, -0.2) is 71.4 Å². The molecule has 2 fully saturated rings. The molecular formula is C31H32F3N5O3. The van der Waals surface area contributed by atoms with Crippen molar-refractivity contribution >= 4 is 29.2 Å². The lowest BCUT2D eigenvalue weighted by atomic mass is 9.85. The third-order valence-corrected chi connectivity index (χ3v) is 7.92. The number of amides is 4. The number of carbonyl (C=O) groups is 3. The Balaban J connectivity index is 1.28. The van der Waals surface area contributed by atoms with Crippen LogP contribution >= 0.6 is 0 Å². The van der Waals surface area contributed by atoms with E-state index in [2.05, 4.69) is 5.32 Å².